The second-order valence-electron chi connectivity index (χ2n) is 6.32. The van der Waals surface area contributed by atoms with Crippen LogP contribution in [0.1, 0.15) is 4.88 Å². The topological polar surface area (TPSA) is 89.2 Å². The molecule has 4 heterocycles. The number of rotatable bonds is 3. The summed E-state index contributed by atoms with van der Waals surface area (Å²) in [5.74, 6) is 0.831. The van der Waals surface area contributed by atoms with Crippen molar-refractivity contribution in [2.75, 3.05) is 31.1 Å². The number of carbonyl (C=O) groups excluding carboxylic acids is 1. The number of amides is 1. The first kappa shape index (κ1) is 16.7. The van der Waals surface area contributed by atoms with E-state index < -0.39 is 0 Å². The molecule has 136 valence electrons. The minimum Gasteiger partial charge on any atom is -0.352 e. The Balaban J connectivity index is 1.44. The Kier molecular flexibility index (Phi) is 4.19. The minimum absolute atomic E-state index is 0.0266. The molecular weight excluding hydrogens is 354 g/mol. The number of hydrogen-bond acceptors (Lipinski definition) is 7. The fraction of sp³-hybridized carbons (Fsp3) is 0.438. The summed E-state index contributed by atoms with van der Waals surface area (Å²) in [6.07, 6.45) is 3.01. The second kappa shape index (κ2) is 6.52. The molecule has 0 unspecified atom stereocenters. The van der Waals surface area contributed by atoms with Crippen LogP contribution in [0, 0.1) is 6.92 Å². The molecule has 0 aliphatic carbocycles. The molecule has 1 aliphatic heterocycles. The highest BCUT2D eigenvalue weighted by molar-refractivity contribution is 7.18. The second-order valence-corrected chi connectivity index (χ2v) is 7.56. The van der Waals surface area contributed by atoms with Gasteiger partial charge in [0.25, 0.3) is 0 Å². The Morgan fingerprint density at radius 3 is 2.69 bits per heavy atom. The van der Waals surface area contributed by atoms with Gasteiger partial charge in [0.2, 0.25) is 5.91 Å². The van der Waals surface area contributed by atoms with Gasteiger partial charge in [0.1, 0.15) is 29.8 Å². The quantitative estimate of drug-likeness (QED) is 0.654. The summed E-state index contributed by atoms with van der Waals surface area (Å²) in [4.78, 5) is 39.2. The molecule has 1 amide bonds. The normalized spacial score (nSPS) is 15.0. The van der Waals surface area contributed by atoms with E-state index in [1.54, 1.807) is 29.6 Å². The smallest absolute Gasteiger partial charge is 0.345 e. The molecule has 0 aromatic carbocycles. The van der Waals surface area contributed by atoms with Crippen molar-refractivity contribution in [1.29, 1.82) is 0 Å². The van der Waals surface area contributed by atoms with Crippen LogP contribution in [0.5, 0.6) is 0 Å². The third-order valence-electron chi connectivity index (χ3n) is 4.54. The summed E-state index contributed by atoms with van der Waals surface area (Å²) in [6.45, 7) is 4.62. The van der Waals surface area contributed by atoms with Crippen molar-refractivity contribution in [1.82, 2.24) is 29.2 Å². The number of nitrogens with zero attached hydrogens (tertiary/aromatic N) is 7. The van der Waals surface area contributed by atoms with Gasteiger partial charge in [-0.1, -0.05) is 0 Å². The van der Waals surface area contributed by atoms with Crippen LogP contribution in [0.15, 0.2) is 23.5 Å². The number of hydrogen-bond donors (Lipinski definition) is 0. The standard InChI is InChI=1S/C16H19N7O2S/c1-11-7-12-14(17-9-18-15(12)26-11)22-5-3-21(4-6-22)13(24)8-23-16(25)20(2)10-19-23/h7,9-10H,3-6,8H2,1-2H3. The van der Waals surface area contributed by atoms with Gasteiger partial charge in [0, 0.05) is 38.1 Å². The van der Waals surface area contributed by atoms with Gasteiger partial charge >= 0.3 is 5.69 Å². The SMILES string of the molecule is Cc1cc2c(N3CCN(C(=O)Cn4ncn(C)c4=O)CC3)ncnc2s1. The Morgan fingerprint density at radius 2 is 2.00 bits per heavy atom. The van der Waals surface area contributed by atoms with Gasteiger partial charge in [0.15, 0.2) is 0 Å². The summed E-state index contributed by atoms with van der Waals surface area (Å²) in [5, 5.41) is 5.01. The van der Waals surface area contributed by atoms with Crippen molar-refractivity contribution < 1.29 is 4.79 Å². The Labute approximate surface area is 153 Å². The first-order chi connectivity index (χ1) is 12.5. The van der Waals surface area contributed by atoms with Gasteiger partial charge in [-0.25, -0.2) is 19.4 Å². The lowest BCUT2D eigenvalue weighted by Gasteiger charge is -2.35. The van der Waals surface area contributed by atoms with E-state index >= 15 is 0 Å². The fourth-order valence-electron chi connectivity index (χ4n) is 3.14. The van der Waals surface area contributed by atoms with E-state index in [0.717, 1.165) is 16.0 Å². The van der Waals surface area contributed by atoms with Gasteiger partial charge in [-0.15, -0.1) is 11.3 Å². The molecule has 1 fully saturated rings. The van der Waals surface area contributed by atoms with Crippen LogP contribution in [0.25, 0.3) is 10.2 Å². The summed E-state index contributed by atoms with van der Waals surface area (Å²) in [5.41, 5.74) is -0.284. The minimum atomic E-state index is -0.284. The van der Waals surface area contributed by atoms with Crippen molar-refractivity contribution in [3.05, 3.63) is 34.1 Å². The summed E-state index contributed by atoms with van der Waals surface area (Å²) < 4.78 is 2.55. The van der Waals surface area contributed by atoms with Gasteiger partial charge in [-0.2, -0.15) is 5.10 Å². The van der Waals surface area contributed by atoms with Crippen LogP contribution >= 0.6 is 11.3 Å². The predicted octanol–water partition coefficient (Wildman–Crippen LogP) is 0.244. The average Bonchev–Trinajstić information content (AvgIpc) is 3.17. The molecule has 26 heavy (non-hydrogen) atoms. The molecule has 0 N–H and O–H groups in total. The van der Waals surface area contributed by atoms with Crippen LogP contribution in [0.2, 0.25) is 0 Å². The molecule has 4 rings (SSSR count). The van der Waals surface area contributed by atoms with E-state index in [2.05, 4.69) is 33.0 Å². The van der Waals surface area contributed by atoms with Crippen LogP contribution in [0.3, 0.4) is 0 Å². The highest BCUT2D eigenvalue weighted by Gasteiger charge is 2.24. The highest BCUT2D eigenvalue weighted by Crippen LogP contribution is 2.30. The molecule has 0 bridgehead atoms. The van der Waals surface area contributed by atoms with Gasteiger partial charge < -0.3 is 9.80 Å². The van der Waals surface area contributed by atoms with Crippen LogP contribution < -0.4 is 10.6 Å². The molecule has 3 aromatic rings. The first-order valence-corrected chi connectivity index (χ1v) is 9.17. The van der Waals surface area contributed by atoms with Crippen LogP contribution in [-0.2, 0) is 18.4 Å². The maximum atomic E-state index is 12.5. The average molecular weight is 373 g/mol. The third-order valence-corrected chi connectivity index (χ3v) is 5.49. The number of thiophene rings is 1. The lowest BCUT2D eigenvalue weighted by atomic mass is 10.2. The first-order valence-electron chi connectivity index (χ1n) is 8.35. The number of anilines is 1. The Hall–Kier alpha value is -2.75. The predicted molar refractivity (Wildman–Crippen MR) is 98.4 cm³/mol. The lowest BCUT2D eigenvalue weighted by molar-refractivity contribution is -0.132. The Morgan fingerprint density at radius 1 is 1.23 bits per heavy atom. The molecule has 3 aromatic heterocycles. The van der Waals surface area contributed by atoms with E-state index in [4.69, 9.17) is 0 Å². The largest absolute Gasteiger partial charge is 0.352 e. The summed E-state index contributed by atoms with van der Waals surface area (Å²) in [6, 6.07) is 2.11. The van der Waals surface area contributed by atoms with Gasteiger partial charge in [0.05, 0.1) is 5.39 Å². The molecule has 10 heteroatoms. The fourth-order valence-corrected chi connectivity index (χ4v) is 3.98. The number of carbonyl (C=O) groups is 1. The monoisotopic (exact) mass is 373 g/mol. The van der Waals surface area contributed by atoms with Crippen molar-refractivity contribution >= 4 is 33.3 Å². The van der Waals surface area contributed by atoms with E-state index in [-0.39, 0.29) is 18.1 Å². The van der Waals surface area contributed by atoms with Crippen LogP contribution in [0.4, 0.5) is 5.82 Å². The molecule has 0 saturated carbocycles. The van der Waals surface area contributed by atoms with Crippen molar-refractivity contribution in [3.63, 3.8) is 0 Å². The molecule has 0 atom stereocenters. The van der Waals surface area contributed by atoms with Crippen molar-refractivity contribution in [2.45, 2.75) is 13.5 Å². The molecule has 1 aliphatic rings. The van der Waals surface area contributed by atoms with Gasteiger partial charge in [-0.05, 0) is 13.0 Å². The molecule has 0 radical (unpaired) electrons. The molecular formula is C16H19N7O2S. The van der Waals surface area contributed by atoms with Gasteiger partial charge in [-0.3, -0.25) is 9.36 Å². The van der Waals surface area contributed by atoms with E-state index in [9.17, 15) is 9.59 Å². The maximum absolute atomic E-state index is 12.5. The summed E-state index contributed by atoms with van der Waals surface area (Å²) in [7, 11) is 1.61. The number of aromatic nitrogens is 5. The van der Waals surface area contributed by atoms with Crippen LogP contribution in [-0.4, -0.2) is 61.3 Å². The molecule has 9 nitrogen and oxygen atoms in total. The number of fused-ring (bicyclic) bond motifs is 1. The molecule has 0 spiro atoms. The van der Waals surface area contributed by atoms with Crippen molar-refractivity contribution in [3.8, 4) is 0 Å². The van der Waals surface area contributed by atoms with E-state index in [0.29, 0.717) is 26.2 Å². The zero-order valence-electron chi connectivity index (χ0n) is 14.6. The zero-order chi connectivity index (χ0) is 18.3. The van der Waals surface area contributed by atoms with E-state index in [1.165, 1.54) is 20.5 Å². The third kappa shape index (κ3) is 2.96. The lowest BCUT2D eigenvalue weighted by Crippen LogP contribution is -2.50. The number of aryl methyl sites for hydroxylation is 2. The maximum Gasteiger partial charge on any atom is 0.345 e. The molecule has 1 saturated heterocycles. The zero-order valence-corrected chi connectivity index (χ0v) is 15.4. The number of piperazine rings is 1. The van der Waals surface area contributed by atoms with Crippen molar-refractivity contribution in [2.24, 2.45) is 7.05 Å². The highest BCUT2D eigenvalue weighted by atomic mass is 32.1. The van der Waals surface area contributed by atoms with E-state index in [1.807, 2.05) is 0 Å². The Bertz CT molecular complexity index is 1010. The summed E-state index contributed by atoms with van der Waals surface area (Å²) >= 11 is 1.66.